The van der Waals surface area contributed by atoms with Crippen molar-refractivity contribution in [2.24, 2.45) is 5.92 Å². The Morgan fingerprint density at radius 1 is 1.17 bits per heavy atom. The molecule has 2 fully saturated rings. The molecule has 2 saturated heterocycles. The highest BCUT2D eigenvalue weighted by Crippen LogP contribution is 2.47. The van der Waals surface area contributed by atoms with Crippen LogP contribution in [0.4, 0.5) is 13.2 Å². The van der Waals surface area contributed by atoms with E-state index in [2.05, 4.69) is 47.4 Å². The van der Waals surface area contributed by atoms with Gasteiger partial charge in [-0.25, -0.2) is 9.50 Å². The average molecular weight is 585 g/mol. The van der Waals surface area contributed by atoms with Crippen LogP contribution in [0.1, 0.15) is 78.5 Å². The second kappa shape index (κ2) is 9.83. The van der Waals surface area contributed by atoms with Crippen LogP contribution in [0.15, 0.2) is 12.5 Å². The minimum absolute atomic E-state index is 0.162. The molecule has 1 amide bonds. The number of hydrogen-bond donors (Lipinski definition) is 2. The lowest BCUT2D eigenvalue weighted by molar-refractivity contribution is -0.169. The summed E-state index contributed by atoms with van der Waals surface area (Å²) in [6.45, 7) is 7.71. The third kappa shape index (κ3) is 4.38. The summed E-state index contributed by atoms with van der Waals surface area (Å²) < 4.78 is 41.2. The normalized spacial score (nSPS) is 22.1. The number of piperidine rings is 1. The summed E-state index contributed by atoms with van der Waals surface area (Å²) in [7, 11) is 0. The number of aryl methyl sites for hydroxylation is 2. The third-order valence-corrected chi connectivity index (χ3v) is 10.9. The molecule has 4 aromatic rings. The number of pyridine rings is 1. The zero-order valence-electron chi connectivity index (χ0n) is 23.6. The topological polar surface area (TPSA) is 78.3 Å². The van der Waals surface area contributed by atoms with E-state index in [0.29, 0.717) is 24.9 Å². The second-order valence-electron chi connectivity index (χ2n) is 12.3. The lowest BCUT2D eigenvalue weighted by Crippen LogP contribution is -2.46. The van der Waals surface area contributed by atoms with E-state index in [0.717, 1.165) is 37.8 Å². The first-order chi connectivity index (χ1) is 19.6. The lowest BCUT2D eigenvalue weighted by atomic mass is 9.89. The highest BCUT2D eigenvalue weighted by molar-refractivity contribution is 7.19. The number of aromatic nitrogens is 4. The Kier molecular flexibility index (Phi) is 6.46. The van der Waals surface area contributed by atoms with Gasteiger partial charge in [-0.1, -0.05) is 13.8 Å². The van der Waals surface area contributed by atoms with Gasteiger partial charge in [0, 0.05) is 47.2 Å². The molecular weight excluding hydrogens is 549 g/mol. The third-order valence-electron chi connectivity index (χ3n) is 9.51. The number of H-pyrrole nitrogens is 1. The molecule has 3 aliphatic rings. The van der Waals surface area contributed by atoms with Gasteiger partial charge in [0.15, 0.2) is 5.65 Å². The number of hydrogen-bond acceptors (Lipinski definition) is 5. The van der Waals surface area contributed by atoms with Crippen LogP contribution in [-0.4, -0.2) is 62.2 Å². The molecule has 41 heavy (non-hydrogen) atoms. The Labute approximate surface area is 240 Å². The molecule has 1 aliphatic carbocycles. The summed E-state index contributed by atoms with van der Waals surface area (Å²) in [4.78, 5) is 25.7. The lowest BCUT2D eigenvalue weighted by Gasteiger charge is -2.33. The predicted molar refractivity (Wildman–Crippen MR) is 154 cm³/mol. The van der Waals surface area contributed by atoms with Crippen molar-refractivity contribution in [1.29, 1.82) is 0 Å². The number of likely N-dealkylation sites (tertiary alicyclic amines) is 1. The maximum Gasteiger partial charge on any atom is 0.393 e. The van der Waals surface area contributed by atoms with Crippen molar-refractivity contribution >= 4 is 33.1 Å². The molecule has 7 rings (SSSR count). The van der Waals surface area contributed by atoms with Crippen molar-refractivity contribution in [3.63, 3.8) is 0 Å². The standard InChI is InChI=1S/C30H35F3N6OS/c1-15(2)23-24-16(3)26(17-7-9-38(10-8-17)29(40)22-11-18(12-34-22)30(31,32)33)41-28(24)37-25(23)21-13-39-27(35-14-36-39)20-6-4-5-19(20)21/h13-15,17-18,22,34,37H,4-12H2,1-3H3/t18-,22-/m0/s1. The zero-order valence-corrected chi connectivity index (χ0v) is 24.4. The van der Waals surface area contributed by atoms with Gasteiger partial charge < -0.3 is 15.2 Å². The number of thiophene rings is 1. The van der Waals surface area contributed by atoms with Gasteiger partial charge in [-0.2, -0.15) is 18.3 Å². The molecule has 0 bridgehead atoms. The molecule has 218 valence electrons. The van der Waals surface area contributed by atoms with Crippen molar-refractivity contribution < 1.29 is 18.0 Å². The van der Waals surface area contributed by atoms with Gasteiger partial charge >= 0.3 is 6.18 Å². The highest BCUT2D eigenvalue weighted by atomic mass is 32.1. The van der Waals surface area contributed by atoms with Crippen LogP contribution in [0.5, 0.6) is 0 Å². The van der Waals surface area contributed by atoms with E-state index in [9.17, 15) is 18.0 Å². The van der Waals surface area contributed by atoms with Crippen molar-refractivity contribution in [3.8, 4) is 11.3 Å². The van der Waals surface area contributed by atoms with Gasteiger partial charge in [-0.05, 0) is 74.0 Å². The van der Waals surface area contributed by atoms with E-state index < -0.39 is 18.1 Å². The summed E-state index contributed by atoms with van der Waals surface area (Å²) in [5.41, 5.74) is 8.73. The maximum atomic E-state index is 13.1. The molecule has 4 aromatic heterocycles. The molecule has 2 N–H and O–H groups in total. The monoisotopic (exact) mass is 584 g/mol. The zero-order chi connectivity index (χ0) is 28.6. The van der Waals surface area contributed by atoms with Gasteiger partial charge in [0.25, 0.3) is 0 Å². The predicted octanol–water partition coefficient (Wildman–Crippen LogP) is 6.11. The first-order valence-corrected chi connectivity index (χ1v) is 15.5. The first kappa shape index (κ1) is 26.9. The highest BCUT2D eigenvalue weighted by Gasteiger charge is 2.46. The van der Waals surface area contributed by atoms with E-state index in [4.69, 9.17) is 0 Å². The number of carbonyl (C=O) groups excluding carboxylic acids is 1. The summed E-state index contributed by atoms with van der Waals surface area (Å²) in [5, 5.41) is 8.59. The number of amides is 1. The van der Waals surface area contributed by atoms with E-state index >= 15 is 0 Å². The summed E-state index contributed by atoms with van der Waals surface area (Å²) in [6.07, 6.45) is 4.20. The summed E-state index contributed by atoms with van der Waals surface area (Å²) in [6, 6.07) is -0.731. The van der Waals surface area contributed by atoms with E-state index in [1.807, 2.05) is 15.9 Å². The van der Waals surface area contributed by atoms with Crippen molar-refractivity contribution in [2.75, 3.05) is 19.6 Å². The molecule has 0 saturated carbocycles. The molecule has 6 heterocycles. The van der Waals surface area contributed by atoms with E-state index in [1.165, 1.54) is 48.6 Å². The van der Waals surface area contributed by atoms with Gasteiger partial charge in [-0.3, -0.25) is 4.79 Å². The molecule has 11 heteroatoms. The number of aromatic amines is 1. The molecule has 0 radical (unpaired) electrons. The Balaban J connectivity index is 1.15. The first-order valence-electron chi connectivity index (χ1n) is 14.7. The molecular formula is C30H35F3N6OS. The minimum atomic E-state index is -4.26. The van der Waals surface area contributed by atoms with Gasteiger partial charge in [-0.15, -0.1) is 11.3 Å². The van der Waals surface area contributed by atoms with Crippen LogP contribution in [0.3, 0.4) is 0 Å². The average Bonchev–Trinajstić information content (AvgIpc) is 3.75. The molecule has 0 spiro atoms. The van der Waals surface area contributed by atoms with Crippen LogP contribution in [0.2, 0.25) is 0 Å². The van der Waals surface area contributed by atoms with E-state index in [1.54, 1.807) is 11.2 Å². The Morgan fingerprint density at radius 2 is 1.93 bits per heavy atom. The number of nitrogens with zero attached hydrogens (tertiary/aromatic N) is 4. The van der Waals surface area contributed by atoms with Crippen LogP contribution in [0, 0.1) is 12.8 Å². The number of alkyl halides is 3. The van der Waals surface area contributed by atoms with Crippen LogP contribution in [0.25, 0.3) is 27.1 Å². The van der Waals surface area contributed by atoms with Crippen molar-refractivity contribution in [3.05, 3.63) is 39.7 Å². The van der Waals surface area contributed by atoms with Crippen LogP contribution >= 0.6 is 11.3 Å². The SMILES string of the molecule is Cc1c(C2CCN(C(=O)[C@@H]3C[C@H](C(F)(F)F)CN3)CC2)sc2[nH]c(-c3cn4ncnc4c4c3CCC4)c(C(C)C)c12. The fourth-order valence-electron chi connectivity index (χ4n) is 7.45. The van der Waals surface area contributed by atoms with Crippen LogP contribution in [-0.2, 0) is 17.6 Å². The molecule has 0 unspecified atom stereocenters. The summed E-state index contributed by atoms with van der Waals surface area (Å²) in [5.74, 6) is -0.968. The quantitative estimate of drug-likeness (QED) is 0.304. The smallest absolute Gasteiger partial charge is 0.346 e. The van der Waals surface area contributed by atoms with Gasteiger partial charge in [0.05, 0.1) is 17.7 Å². The van der Waals surface area contributed by atoms with Crippen molar-refractivity contribution in [1.82, 2.24) is 29.8 Å². The van der Waals surface area contributed by atoms with Gasteiger partial charge in [0.2, 0.25) is 5.91 Å². The Hall–Kier alpha value is -2.92. The number of rotatable bonds is 4. The fraction of sp³-hybridized carbons (Fsp3) is 0.567. The minimum Gasteiger partial charge on any atom is -0.346 e. The number of halogens is 3. The van der Waals surface area contributed by atoms with Crippen LogP contribution < -0.4 is 5.32 Å². The Bertz CT molecular complexity index is 1640. The molecule has 0 aromatic carbocycles. The Morgan fingerprint density at radius 3 is 2.63 bits per heavy atom. The number of nitrogens with one attached hydrogen (secondary N) is 2. The molecule has 2 aliphatic heterocycles. The fourth-order valence-corrected chi connectivity index (χ4v) is 8.84. The van der Waals surface area contributed by atoms with E-state index in [-0.39, 0.29) is 18.9 Å². The molecule has 7 nitrogen and oxygen atoms in total. The second-order valence-corrected chi connectivity index (χ2v) is 13.3. The summed E-state index contributed by atoms with van der Waals surface area (Å²) >= 11 is 1.82. The van der Waals surface area contributed by atoms with Crippen molar-refractivity contribution in [2.45, 2.75) is 83.4 Å². The number of fused-ring (bicyclic) bond motifs is 4. The maximum absolute atomic E-state index is 13.1. The number of carbonyl (C=O) groups is 1. The largest absolute Gasteiger partial charge is 0.393 e. The van der Waals surface area contributed by atoms with Gasteiger partial charge in [0.1, 0.15) is 11.2 Å². The molecule has 2 atom stereocenters.